The van der Waals surface area contributed by atoms with E-state index >= 15 is 0 Å². The lowest BCUT2D eigenvalue weighted by Crippen LogP contribution is -2.39. The van der Waals surface area contributed by atoms with Gasteiger partial charge in [0, 0.05) is 31.4 Å². The van der Waals surface area contributed by atoms with Gasteiger partial charge in [-0.05, 0) is 58.7 Å². The van der Waals surface area contributed by atoms with E-state index in [-0.39, 0.29) is 30.5 Å². The number of pyridine rings is 1. The number of aliphatic imine (C=N–C) groups is 1. The van der Waals surface area contributed by atoms with Gasteiger partial charge >= 0.3 is 0 Å². The van der Waals surface area contributed by atoms with Crippen LogP contribution in [-0.4, -0.2) is 42.2 Å². The van der Waals surface area contributed by atoms with E-state index in [1.54, 1.807) is 13.1 Å². The van der Waals surface area contributed by atoms with Crippen molar-refractivity contribution in [2.24, 2.45) is 4.99 Å². The van der Waals surface area contributed by atoms with E-state index in [1.807, 2.05) is 45.0 Å². The predicted octanol–water partition coefficient (Wildman–Crippen LogP) is 3.56. The molecule has 0 amide bonds. The van der Waals surface area contributed by atoms with Crippen molar-refractivity contribution in [2.45, 2.75) is 46.1 Å². The number of furan rings is 1. The Kier molecular flexibility index (Phi) is 11.0. The molecule has 0 fully saturated rings. The van der Waals surface area contributed by atoms with E-state index in [4.69, 9.17) is 4.42 Å². The van der Waals surface area contributed by atoms with Gasteiger partial charge in [0.05, 0.1) is 6.54 Å². The number of unbranched alkanes of at least 4 members (excludes halogenated alkanes) is 1. The minimum atomic E-state index is -1.07. The molecule has 0 radical (unpaired) electrons. The fourth-order valence-electron chi connectivity index (χ4n) is 2.97. The number of anilines is 1. The van der Waals surface area contributed by atoms with E-state index in [9.17, 15) is 5.11 Å². The normalized spacial score (nSPS) is 13.3. The van der Waals surface area contributed by atoms with Crippen LogP contribution in [0.25, 0.3) is 0 Å². The second-order valence-electron chi connectivity index (χ2n) is 7.07. The van der Waals surface area contributed by atoms with Gasteiger partial charge in [0.2, 0.25) is 0 Å². The highest BCUT2D eigenvalue weighted by molar-refractivity contribution is 14.0. The molecule has 8 heteroatoms. The smallest absolute Gasteiger partial charge is 0.191 e. The molecule has 0 aliphatic heterocycles. The Morgan fingerprint density at radius 1 is 1.21 bits per heavy atom. The zero-order valence-corrected chi connectivity index (χ0v) is 20.1. The molecule has 1 atom stereocenters. The number of nitrogens with zero attached hydrogens (tertiary/aromatic N) is 2. The lowest BCUT2D eigenvalue weighted by atomic mass is 9.96. The SMILES string of the molecule is CCNC(=NCC(C)(O)c1cc(C)oc1C)NCCCCNc1ccccn1.I. The van der Waals surface area contributed by atoms with E-state index in [2.05, 4.69) is 25.9 Å². The van der Waals surface area contributed by atoms with Crippen molar-refractivity contribution < 1.29 is 9.52 Å². The number of aromatic nitrogens is 1. The predicted molar refractivity (Wildman–Crippen MR) is 129 cm³/mol. The molecule has 0 aliphatic carbocycles. The Balaban J connectivity index is 0.00000420. The number of nitrogens with one attached hydrogen (secondary N) is 3. The van der Waals surface area contributed by atoms with Crippen LogP contribution in [0.1, 0.15) is 43.8 Å². The summed E-state index contributed by atoms with van der Waals surface area (Å²) in [6.45, 7) is 10.2. The molecule has 7 nitrogen and oxygen atoms in total. The van der Waals surface area contributed by atoms with Crippen LogP contribution < -0.4 is 16.0 Å². The molecule has 2 rings (SSSR count). The zero-order chi connectivity index (χ0) is 20.4. The zero-order valence-electron chi connectivity index (χ0n) is 17.8. The van der Waals surface area contributed by atoms with Gasteiger partial charge in [-0.1, -0.05) is 6.07 Å². The number of halogens is 1. The van der Waals surface area contributed by atoms with Crippen molar-refractivity contribution in [3.63, 3.8) is 0 Å². The lowest BCUT2D eigenvalue weighted by molar-refractivity contribution is 0.0657. The van der Waals surface area contributed by atoms with Crippen molar-refractivity contribution in [1.82, 2.24) is 15.6 Å². The Morgan fingerprint density at radius 3 is 2.59 bits per heavy atom. The molecule has 0 bridgehead atoms. The van der Waals surface area contributed by atoms with Crippen molar-refractivity contribution in [3.05, 3.63) is 47.5 Å². The molecule has 0 saturated heterocycles. The Hall–Kier alpha value is -1.81. The summed E-state index contributed by atoms with van der Waals surface area (Å²) in [6.07, 6.45) is 3.80. The Morgan fingerprint density at radius 2 is 1.97 bits per heavy atom. The fraction of sp³-hybridized carbons (Fsp3) is 0.524. The van der Waals surface area contributed by atoms with Gasteiger partial charge in [-0.15, -0.1) is 24.0 Å². The van der Waals surface area contributed by atoms with Crippen molar-refractivity contribution in [3.8, 4) is 0 Å². The second kappa shape index (κ2) is 12.7. The van der Waals surface area contributed by atoms with Gasteiger partial charge in [0.15, 0.2) is 5.96 Å². The van der Waals surface area contributed by atoms with Crippen LogP contribution >= 0.6 is 24.0 Å². The van der Waals surface area contributed by atoms with Crippen molar-refractivity contribution in [1.29, 1.82) is 0 Å². The molecule has 0 saturated carbocycles. The largest absolute Gasteiger partial charge is 0.466 e. The highest BCUT2D eigenvalue weighted by Crippen LogP contribution is 2.27. The van der Waals surface area contributed by atoms with Crippen LogP contribution in [0, 0.1) is 13.8 Å². The summed E-state index contributed by atoms with van der Waals surface area (Å²) >= 11 is 0. The fourth-order valence-corrected chi connectivity index (χ4v) is 2.97. The van der Waals surface area contributed by atoms with E-state index in [1.165, 1.54) is 0 Å². The lowest BCUT2D eigenvalue weighted by Gasteiger charge is -2.21. The summed E-state index contributed by atoms with van der Waals surface area (Å²) in [5, 5.41) is 20.7. The van der Waals surface area contributed by atoms with E-state index in [0.29, 0.717) is 5.96 Å². The maximum absolute atomic E-state index is 10.8. The first-order chi connectivity index (χ1) is 13.4. The number of rotatable bonds is 10. The minimum Gasteiger partial charge on any atom is -0.466 e. The van der Waals surface area contributed by atoms with Gasteiger partial charge in [0.1, 0.15) is 22.9 Å². The average Bonchev–Trinajstić information content (AvgIpc) is 3.02. The van der Waals surface area contributed by atoms with Crippen molar-refractivity contribution in [2.75, 3.05) is 31.5 Å². The highest BCUT2D eigenvalue weighted by Gasteiger charge is 2.27. The average molecular weight is 515 g/mol. The maximum atomic E-state index is 10.8. The molecule has 2 aromatic heterocycles. The summed E-state index contributed by atoms with van der Waals surface area (Å²) in [7, 11) is 0. The molecule has 29 heavy (non-hydrogen) atoms. The minimum absolute atomic E-state index is 0. The molecule has 4 N–H and O–H groups in total. The van der Waals surface area contributed by atoms with E-state index in [0.717, 1.165) is 55.4 Å². The van der Waals surface area contributed by atoms with Gasteiger partial charge in [0.25, 0.3) is 0 Å². The molecule has 162 valence electrons. The summed E-state index contributed by atoms with van der Waals surface area (Å²) in [6, 6.07) is 7.71. The third-order valence-electron chi connectivity index (χ3n) is 4.38. The summed E-state index contributed by atoms with van der Waals surface area (Å²) < 4.78 is 5.54. The van der Waals surface area contributed by atoms with Crippen LogP contribution in [0.5, 0.6) is 0 Å². The number of aryl methyl sites for hydroxylation is 2. The molecule has 1 unspecified atom stereocenters. The van der Waals surface area contributed by atoms with Crippen LogP contribution in [0.2, 0.25) is 0 Å². The number of hydrogen-bond acceptors (Lipinski definition) is 5. The van der Waals surface area contributed by atoms with Crippen LogP contribution in [0.4, 0.5) is 5.82 Å². The van der Waals surface area contributed by atoms with E-state index < -0.39 is 5.60 Å². The Bertz CT molecular complexity index is 747. The molecule has 0 spiro atoms. The standard InChI is InChI=1S/C21H33N5O2.HI/c1-5-22-20(25-13-9-8-12-24-19-10-6-7-11-23-19)26-15-21(4,27)18-14-16(2)28-17(18)3;/h6-7,10-11,14,27H,5,8-9,12-13,15H2,1-4H3,(H,23,24)(H2,22,25,26);1H. The van der Waals surface area contributed by atoms with Crippen LogP contribution in [-0.2, 0) is 5.60 Å². The van der Waals surface area contributed by atoms with Gasteiger partial charge in [-0.2, -0.15) is 0 Å². The Labute approximate surface area is 190 Å². The van der Waals surface area contributed by atoms with Crippen molar-refractivity contribution >= 4 is 35.8 Å². The number of guanidine groups is 1. The van der Waals surface area contributed by atoms with Gasteiger partial charge in [-0.3, -0.25) is 0 Å². The maximum Gasteiger partial charge on any atom is 0.191 e. The summed E-state index contributed by atoms with van der Waals surface area (Å²) in [5.74, 6) is 3.13. The first-order valence-corrected chi connectivity index (χ1v) is 9.89. The molecular weight excluding hydrogens is 481 g/mol. The van der Waals surface area contributed by atoms with Gasteiger partial charge in [-0.25, -0.2) is 9.98 Å². The second-order valence-corrected chi connectivity index (χ2v) is 7.07. The number of aliphatic hydroxyl groups is 1. The van der Waals surface area contributed by atoms with Crippen LogP contribution in [0.3, 0.4) is 0 Å². The third kappa shape index (κ3) is 8.61. The number of hydrogen-bond donors (Lipinski definition) is 4. The van der Waals surface area contributed by atoms with Gasteiger partial charge < -0.3 is 25.5 Å². The molecule has 2 heterocycles. The molecule has 0 aliphatic rings. The topological polar surface area (TPSA) is 94.7 Å². The highest BCUT2D eigenvalue weighted by atomic mass is 127. The van der Waals surface area contributed by atoms with Crippen LogP contribution in [0.15, 0.2) is 39.9 Å². The summed E-state index contributed by atoms with van der Waals surface area (Å²) in [4.78, 5) is 8.80. The molecular formula is C21H34IN5O2. The molecule has 2 aromatic rings. The first kappa shape index (κ1) is 25.2. The molecule has 0 aromatic carbocycles. The third-order valence-corrected chi connectivity index (χ3v) is 4.38. The monoisotopic (exact) mass is 515 g/mol. The summed E-state index contributed by atoms with van der Waals surface area (Å²) in [5.41, 5.74) is -0.290. The quantitative estimate of drug-likeness (QED) is 0.167. The first-order valence-electron chi connectivity index (χ1n) is 9.89.